The van der Waals surface area contributed by atoms with Gasteiger partial charge < -0.3 is 4.90 Å². The number of nitrogens with zero attached hydrogens (tertiary/aromatic N) is 3. The van der Waals surface area contributed by atoms with Crippen LogP contribution >= 0.6 is 23.1 Å². The molecule has 1 atom stereocenters. The standard InChI is InChI=1S/C23H27N3O3S3/c1-17(2)18-5-7-19(8-6-18)25-11-10-24-23(25)31-15-22(27)26(14-21-4-3-12-30-21)20-9-13-32(28,29)16-20/h3-8,10-12,17,20H,9,13-16H2,1-2H3. The van der Waals surface area contributed by atoms with Gasteiger partial charge in [0, 0.05) is 29.0 Å². The fraction of sp³-hybridized carbons (Fsp3) is 0.391. The number of thiophene rings is 1. The Labute approximate surface area is 197 Å². The van der Waals surface area contributed by atoms with Crippen LogP contribution in [0, 0.1) is 0 Å². The second kappa shape index (κ2) is 9.80. The van der Waals surface area contributed by atoms with Gasteiger partial charge in [-0.15, -0.1) is 11.3 Å². The largest absolute Gasteiger partial charge is 0.333 e. The van der Waals surface area contributed by atoms with Crippen LogP contribution in [-0.2, 0) is 21.2 Å². The number of benzene rings is 1. The van der Waals surface area contributed by atoms with Gasteiger partial charge in [0.15, 0.2) is 15.0 Å². The van der Waals surface area contributed by atoms with Crippen molar-refractivity contribution in [3.8, 4) is 5.69 Å². The Balaban J connectivity index is 1.47. The van der Waals surface area contributed by atoms with Crippen molar-refractivity contribution in [3.05, 3.63) is 64.6 Å². The van der Waals surface area contributed by atoms with E-state index >= 15 is 0 Å². The van der Waals surface area contributed by atoms with Crippen molar-refractivity contribution in [2.75, 3.05) is 17.3 Å². The molecule has 1 amide bonds. The molecule has 170 valence electrons. The lowest BCUT2D eigenvalue weighted by molar-refractivity contribution is -0.130. The predicted octanol–water partition coefficient (Wildman–Crippen LogP) is 4.37. The summed E-state index contributed by atoms with van der Waals surface area (Å²) >= 11 is 2.96. The summed E-state index contributed by atoms with van der Waals surface area (Å²) in [4.78, 5) is 20.4. The van der Waals surface area contributed by atoms with Crippen LogP contribution in [0.2, 0.25) is 0 Å². The van der Waals surface area contributed by atoms with E-state index in [-0.39, 0.29) is 29.2 Å². The Morgan fingerprint density at radius 1 is 1.28 bits per heavy atom. The van der Waals surface area contributed by atoms with Crippen LogP contribution in [0.3, 0.4) is 0 Å². The Morgan fingerprint density at radius 2 is 2.06 bits per heavy atom. The van der Waals surface area contributed by atoms with Crippen molar-refractivity contribution >= 4 is 38.8 Å². The topological polar surface area (TPSA) is 72.3 Å². The van der Waals surface area contributed by atoms with Crippen molar-refractivity contribution < 1.29 is 13.2 Å². The third kappa shape index (κ3) is 5.44. The van der Waals surface area contributed by atoms with Crippen molar-refractivity contribution in [2.24, 2.45) is 0 Å². The van der Waals surface area contributed by atoms with Gasteiger partial charge in [-0.2, -0.15) is 0 Å². The van der Waals surface area contributed by atoms with Crippen molar-refractivity contribution in [2.45, 2.75) is 43.9 Å². The second-order valence-electron chi connectivity index (χ2n) is 8.27. The van der Waals surface area contributed by atoms with Crippen LogP contribution in [0.15, 0.2) is 59.3 Å². The van der Waals surface area contributed by atoms with Gasteiger partial charge in [-0.05, 0) is 41.5 Å². The highest BCUT2D eigenvalue weighted by atomic mass is 32.2. The third-order valence-electron chi connectivity index (χ3n) is 5.65. The first-order valence-corrected chi connectivity index (χ1v) is 14.3. The molecule has 0 aliphatic carbocycles. The average Bonchev–Trinajstić information content (AvgIpc) is 3.51. The van der Waals surface area contributed by atoms with E-state index < -0.39 is 9.84 Å². The molecule has 0 N–H and O–H groups in total. The Morgan fingerprint density at radius 3 is 2.69 bits per heavy atom. The molecule has 1 aliphatic rings. The number of amides is 1. The normalized spacial score (nSPS) is 17.7. The van der Waals surface area contributed by atoms with Crippen LogP contribution in [0.25, 0.3) is 5.69 Å². The molecule has 0 spiro atoms. The zero-order valence-electron chi connectivity index (χ0n) is 18.2. The molecule has 3 aromatic rings. The summed E-state index contributed by atoms with van der Waals surface area (Å²) < 4.78 is 26.0. The van der Waals surface area contributed by atoms with E-state index in [1.165, 1.54) is 17.3 Å². The number of aromatic nitrogens is 2. The first-order valence-electron chi connectivity index (χ1n) is 10.6. The fourth-order valence-corrected chi connectivity index (χ4v) is 7.13. The van der Waals surface area contributed by atoms with E-state index in [1.54, 1.807) is 22.4 Å². The molecule has 0 radical (unpaired) electrons. The lowest BCUT2D eigenvalue weighted by atomic mass is 10.0. The van der Waals surface area contributed by atoms with E-state index in [9.17, 15) is 13.2 Å². The first kappa shape index (κ1) is 23.1. The number of carbonyl (C=O) groups excluding carboxylic acids is 1. The quantitative estimate of drug-likeness (QED) is 0.440. The summed E-state index contributed by atoms with van der Waals surface area (Å²) in [5.41, 5.74) is 2.27. The van der Waals surface area contributed by atoms with E-state index in [0.717, 1.165) is 15.7 Å². The highest BCUT2D eigenvalue weighted by Gasteiger charge is 2.34. The molecule has 1 saturated heterocycles. The molecule has 4 rings (SSSR count). The molecule has 1 aliphatic heterocycles. The molecule has 2 aromatic heterocycles. The van der Waals surface area contributed by atoms with Crippen LogP contribution < -0.4 is 0 Å². The minimum Gasteiger partial charge on any atom is -0.333 e. The molecule has 32 heavy (non-hydrogen) atoms. The summed E-state index contributed by atoms with van der Waals surface area (Å²) in [6, 6.07) is 12.0. The molecular formula is C23H27N3O3S3. The highest BCUT2D eigenvalue weighted by Crippen LogP contribution is 2.26. The van der Waals surface area contributed by atoms with E-state index in [0.29, 0.717) is 18.9 Å². The van der Waals surface area contributed by atoms with Crippen molar-refractivity contribution in [1.29, 1.82) is 0 Å². The van der Waals surface area contributed by atoms with Gasteiger partial charge >= 0.3 is 0 Å². The molecule has 0 bridgehead atoms. The van der Waals surface area contributed by atoms with Gasteiger partial charge in [0.05, 0.1) is 23.8 Å². The lowest BCUT2D eigenvalue weighted by Gasteiger charge is -2.27. The van der Waals surface area contributed by atoms with E-state index in [1.807, 2.05) is 28.3 Å². The molecule has 0 saturated carbocycles. The van der Waals surface area contributed by atoms with Crippen molar-refractivity contribution in [1.82, 2.24) is 14.5 Å². The maximum atomic E-state index is 13.2. The Hall–Kier alpha value is -2.10. The van der Waals surface area contributed by atoms with Crippen LogP contribution in [0.4, 0.5) is 0 Å². The van der Waals surface area contributed by atoms with Crippen LogP contribution in [0.1, 0.15) is 36.6 Å². The number of hydrogen-bond donors (Lipinski definition) is 0. The number of hydrogen-bond acceptors (Lipinski definition) is 6. The molecule has 1 unspecified atom stereocenters. The smallest absolute Gasteiger partial charge is 0.233 e. The Bertz CT molecular complexity index is 1150. The lowest BCUT2D eigenvalue weighted by Crippen LogP contribution is -2.41. The summed E-state index contributed by atoms with van der Waals surface area (Å²) in [7, 11) is -3.08. The monoisotopic (exact) mass is 489 g/mol. The van der Waals surface area contributed by atoms with Gasteiger partial charge in [-0.3, -0.25) is 9.36 Å². The molecule has 3 heterocycles. The third-order valence-corrected chi connectivity index (χ3v) is 9.21. The van der Waals surface area contributed by atoms with Gasteiger partial charge in [-0.1, -0.05) is 43.8 Å². The SMILES string of the molecule is CC(C)c1ccc(-n2ccnc2SCC(=O)N(Cc2cccs2)C2CCS(=O)(=O)C2)cc1. The molecule has 6 nitrogen and oxygen atoms in total. The number of thioether (sulfide) groups is 1. The van der Waals surface area contributed by atoms with Gasteiger partial charge in [0.25, 0.3) is 0 Å². The number of imidazole rings is 1. The maximum Gasteiger partial charge on any atom is 0.233 e. The number of rotatable bonds is 8. The summed E-state index contributed by atoms with van der Waals surface area (Å²) in [6.45, 7) is 4.77. The Kier molecular flexibility index (Phi) is 7.07. The average molecular weight is 490 g/mol. The summed E-state index contributed by atoms with van der Waals surface area (Å²) in [5.74, 6) is 0.812. The summed E-state index contributed by atoms with van der Waals surface area (Å²) in [5, 5.41) is 2.71. The van der Waals surface area contributed by atoms with E-state index in [2.05, 4.69) is 43.1 Å². The highest BCUT2D eigenvalue weighted by molar-refractivity contribution is 7.99. The number of sulfone groups is 1. The van der Waals surface area contributed by atoms with Crippen LogP contribution in [-0.4, -0.2) is 52.1 Å². The molecular weight excluding hydrogens is 462 g/mol. The van der Waals surface area contributed by atoms with Gasteiger partial charge in [0.2, 0.25) is 5.91 Å². The van der Waals surface area contributed by atoms with Crippen LogP contribution in [0.5, 0.6) is 0 Å². The van der Waals surface area contributed by atoms with E-state index in [4.69, 9.17) is 0 Å². The maximum absolute atomic E-state index is 13.2. The minimum absolute atomic E-state index is 0.0472. The van der Waals surface area contributed by atoms with Crippen molar-refractivity contribution in [3.63, 3.8) is 0 Å². The fourth-order valence-electron chi connectivity index (χ4n) is 3.83. The van der Waals surface area contributed by atoms with Gasteiger partial charge in [-0.25, -0.2) is 13.4 Å². The van der Waals surface area contributed by atoms with Gasteiger partial charge in [0.1, 0.15) is 0 Å². The zero-order valence-corrected chi connectivity index (χ0v) is 20.6. The second-order valence-corrected chi connectivity index (χ2v) is 12.5. The number of carbonyl (C=O) groups is 1. The zero-order chi connectivity index (χ0) is 22.7. The minimum atomic E-state index is -3.08. The summed E-state index contributed by atoms with van der Waals surface area (Å²) in [6.07, 6.45) is 4.13. The molecule has 1 aromatic carbocycles. The molecule has 1 fully saturated rings. The molecule has 9 heteroatoms. The first-order chi connectivity index (χ1) is 15.3. The predicted molar refractivity (Wildman–Crippen MR) is 130 cm³/mol.